The average molecular weight is 300 g/mol. The van der Waals surface area contributed by atoms with Gasteiger partial charge in [0.15, 0.2) is 0 Å². The molecular formula is C15H16N4O3. The van der Waals surface area contributed by atoms with Crippen LogP contribution in [0.1, 0.15) is 21.9 Å². The summed E-state index contributed by atoms with van der Waals surface area (Å²) in [7, 11) is 0. The van der Waals surface area contributed by atoms with Crippen molar-refractivity contribution in [3.8, 4) is 0 Å². The highest BCUT2D eigenvalue weighted by Gasteiger charge is 2.23. The van der Waals surface area contributed by atoms with Crippen LogP contribution >= 0.6 is 0 Å². The minimum absolute atomic E-state index is 0.0357. The second-order valence-corrected chi connectivity index (χ2v) is 5.15. The van der Waals surface area contributed by atoms with E-state index in [2.05, 4.69) is 4.98 Å². The maximum atomic E-state index is 12.3. The molecule has 114 valence electrons. The number of aromatic nitrogens is 2. The van der Waals surface area contributed by atoms with E-state index in [-0.39, 0.29) is 11.6 Å². The van der Waals surface area contributed by atoms with Gasteiger partial charge in [0.1, 0.15) is 11.5 Å². The second kappa shape index (κ2) is 5.98. The van der Waals surface area contributed by atoms with Crippen molar-refractivity contribution in [1.29, 1.82) is 0 Å². The summed E-state index contributed by atoms with van der Waals surface area (Å²) < 4.78 is 1.83. The lowest BCUT2D eigenvalue weighted by Gasteiger charge is -2.27. The minimum atomic E-state index is -0.649. The van der Waals surface area contributed by atoms with Crippen molar-refractivity contribution >= 4 is 11.8 Å². The molecule has 0 spiro atoms. The number of amides is 2. The van der Waals surface area contributed by atoms with Gasteiger partial charge in [0.2, 0.25) is 5.91 Å². The van der Waals surface area contributed by atoms with Gasteiger partial charge in [-0.3, -0.25) is 14.8 Å². The van der Waals surface area contributed by atoms with Gasteiger partial charge in [-0.1, -0.05) is 30.3 Å². The molecule has 0 bridgehead atoms. The van der Waals surface area contributed by atoms with E-state index in [9.17, 15) is 9.59 Å². The fourth-order valence-corrected chi connectivity index (χ4v) is 2.51. The second-order valence-electron chi connectivity index (χ2n) is 5.15. The van der Waals surface area contributed by atoms with E-state index in [1.807, 2.05) is 34.9 Å². The van der Waals surface area contributed by atoms with E-state index in [1.165, 1.54) is 0 Å². The zero-order valence-corrected chi connectivity index (χ0v) is 11.9. The van der Waals surface area contributed by atoms with Crippen LogP contribution in [0.4, 0.5) is 0 Å². The maximum absolute atomic E-state index is 12.3. The van der Waals surface area contributed by atoms with Gasteiger partial charge in [-0.2, -0.15) is 0 Å². The molecule has 0 saturated carbocycles. The molecule has 7 heteroatoms. The number of benzene rings is 1. The van der Waals surface area contributed by atoms with Crippen LogP contribution in [0.3, 0.4) is 0 Å². The lowest BCUT2D eigenvalue weighted by molar-refractivity contribution is -0.132. The molecule has 2 aromatic rings. The monoisotopic (exact) mass is 300 g/mol. The Labute approximate surface area is 127 Å². The first-order chi connectivity index (χ1) is 10.7. The normalized spacial score (nSPS) is 13.6. The lowest BCUT2D eigenvalue weighted by atomic mass is 10.1. The Bertz CT molecular complexity index is 696. The Kier molecular flexibility index (Phi) is 3.88. The Morgan fingerprint density at radius 3 is 2.73 bits per heavy atom. The third-order valence-corrected chi connectivity index (χ3v) is 3.69. The van der Waals surface area contributed by atoms with Crippen molar-refractivity contribution < 1.29 is 14.8 Å². The smallest absolute Gasteiger partial charge is 0.294 e. The minimum Gasteiger partial charge on any atom is -0.333 e. The van der Waals surface area contributed by atoms with Crippen molar-refractivity contribution in [1.82, 2.24) is 19.9 Å². The van der Waals surface area contributed by atoms with E-state index in [4.69, 9.17) is 5.21 Å². The van der Waals surface area contributed by atoms with Gasteiger partial charge in [-0.25, -0.2) is 10.5 Å². The first kappa shape index (κ1) is 14.3. The van der Waals surface area contributed by atoms with Crippen molar-refractivity contribution in [2.45, 2.75) is 19.5 Å². The first-order valence-electron chi connectivity index (χ1n) is 6.99. The summed E-state index contributed by atoms with van der Waals surface area (Å²) in [6.07, 6.45) is 1.94. The van der Waals surface area contributed by atoms with Gasteiger partial charge in [-0.05, 0) is 5.56 Å². The fraction of sp³-hybridized carbons (Fsp3) is 0.267. The van der Waals surface area contributed by atoms with Crippen LogP contribution < -0.4 is 5.48 Å². The molecule has 1 aliphatic heterocycles. The number of fused-ring (bicyclic) bond motifs is 1. The summed E-state index contributed by atoms with van der Waals surface area (Å²) in [6, 6.07) is 9.58. The molecule has 1 aromatic carbocycles. The summed E-state index contributed by atoms with van der Waals surface area (Å²) in [5.74, 6) is 0.0314. The van der Waals surface area contributed by atoms with E-state index in [0.717, 1.165) is 5.56 Å². The van der Waals surface area contributed by atoms with Gasteiger partial charge in [0.25, 0.3) is 5.91 Å². The number of nitrogens with zero attached hydrogens (tertiary/aromatic N) is 3. The third-order valence-electron chi connectivity index (χ3n) is 3.69. The van der Waals surface area contributed by atoms with Crippen LogP contribution in [0, 0.1) is 0 Å². The topological polar surface area (TPSA) is 87.5 Å². The summed E-state index contributed by atoms with van der Waals surface area (Å²) >= 11 is 0. The van der Waals surface area contributed by atoms with Crippen LogP contribution in [-0.4, -0.2) is 38.0 Å². The highest BCUT2D eigenvalue weighted by Crippen LogP contribution is 2.14. The van der Waals surface area contributed by atoms with Crippen molar-refractivity contribution in [2.24, 2.45) is 0 Å². The molecule has 0 atom stereocenters. The molecule has 22 heavy (non-hydrogen) atoms. The average Bonchev–Trinajstić information content (AvgIpc) is 2.98. The molecule has 7 nitrogen and oxygen atoms in total. The number of carbonyl (C=O) groups excluding carboxylic acids is 2. The Morgan fingerprint density at radius 2 is 2.00 bits per heavy atom. The number of rotatable bonds is 3. The Hall–Kier alpha value is -2.67. The lowest BCUT2D eigenvalue weighted by Crippen LogP contribution is -2.39. The molecule has 3 rings (SSSR count). The van der Waals surface area contributed by atoms with Crippen molar-refractivity contribution in [2.75, 3.05) is 6.54 Å². The number of carbonyl (C=O) groups is 2. The zero-order chi connectivity index (χ0) is 15.5. The van der Waals surface area contributed by atoms with Gasteiger partial charge in [-0.15, -0.1) is 0 Å². The molecule has 0 aliphatic carbocycles. The summed E-state index contributed by atoms with van der Waals surface area (Å²) in [6.45, 7) is 1.53. The number of hydrogen-bond acceptors (Lipinski definition) is 4. The summed E-state index contributed by atoms with van der Waals surface area (Å²) in [5.41, 5.74) is 2.68. The largest absolute Gasteiger partial charge is 0.333 e. The predicted octanol–water partition coefficient (Wildman–Crippen LogP) is 0.587. The quantitative estimate of drug-likeness (QED) is 0.641. The van der Waals surface area contributed by atoms with E-state index >= 15 is 0 Å². The molecule has 0 unspecified atom stereocenters. The fourth-order valence-electron chi connectivity index (χ4n) is 2.51. The third kappa shape index (κ3) is 2.84. The van der Waals surface area contributed by atoms with Crippen LogP contribution in [0.15, 0.2) is 36.5 Å². The number of nitrogens with one attached hydrogen (secondary N) is 1. The van der Waals surface area contributed by atoms with Gasteiger partial charge in [0, 0.05) is 19.3 Å². The Balaban J connectivity index is 1.70. The van der Waals surface area contributed by atoms with E-state index < -0.39 is 5.91 Å². The Morgan fingerprint density at radius 1 is 1.23 bits per heavy atom. The molecule has 2 amide bonds. The first-order valence-corrected chi connectivity index (χ1v) is 6.99. The van der Waals surface area contributed by atoms with E-state index in [1.54, 1.807) is 16.6 Å². The molecule has 0 saturated heterocycles. The number of hydrogen-bond donors (Lipinski definition) is 2. The maximum Gasteiger partial charge on any atom is 0.294 e. The molecular weight excluding hydrogens is 284 g/mol. The molecule has 2 heterocycles. The van der Waals surface area contributed by atoms with Gasteiger partial charge in [0.05, 0.1) is 13.0 Å². The van der Waals surface area contributed by atoms with Crippen LogP contribution in [0.5, 0.6) is 0 Å². The predicted molar refractivity (Wildman–Crippen MR) is 77.0 cm³/mol. The molecule has 2 N–H and O–H groups in total. The number of hydroxylamine groups is 1. The molecule has 1 aromatic heterocycles. The van der Waals surface area contributed by atoms with Crippen LogP contribution in [0.25, 0.3) is 0 Å². The van der Waals surface area contributed by atoms with E-state index in [0.29, 0.717) is 31.9 Å². The molecule has 0 radical (unpaired) electrons. The number of imidazole rings is 1. The summed E-state index contributed by atoms with van der Waals surface area (Å²) in [4.78, 5) is 29.6. The van der Waals surface area contributed by atoms with Crippen LogP contribution in [-0.2, 0) is 24.3 Å². The van der Waals surface area contributed by atoms with Crippen LogP contribution in [0.2, 0.25) is 0 Å². The highest BCUT2D eigenvalue weighted by atomic mass is 16.5. The SMILES string of the molecule is O=C(NO)c1cn2c(n1)CN(C(=O)Cc1ccccc1)CC2. The van der Waals surface area contributed by atoms with Crippen molar-refractivity contribution in [3.05, 3.63) is 53.6 Å². The molecule has 0 fully saturated rings. The zero-order valence-electron chi connectivity index (χ0n) is 11.9. The van der Waals surface area contributed by atoms with Gasteiger partial charge >= 0.3 is 0 Å². The molecule has 1 aliphatic rings. The van der Waals surface area contributed by atoms with Crippen molar-refractivity contribution in [3.63, 3.8) is 0 Å². The summed E-state index contributed by atoms with van der Waals surface area (Å²) in [5, 5.41) is 8.64. The standard InChI is InChI=1S/C15H16N4O3/c20-14(8-11-4-2-1-3-5-11)19-7-6-18-9-12(15(21)17-22)16-13(18)10-19/h1-5,9,22H,6-8,10H2,(H,17,21). The highest BCUT2D eigenvalue weighted by molar-refractivity contribution is 5.91. The van der Waals surface area contributed by atoms with Gasteiger partial charge < -0.3 is 9.47 Å².